The SMILES string of the molecule is CCCCCc1cc(C)c(C)cc1CC(=O)CCc1ccc(Cc2cccc(C(=O)CC)c2)cc1. The van der Waals surface area contributed by atoms with Crippen LogP contribution in [0.3, 0.4) is 0 Å². The fraction of sp³-hybridized carbons (Fsp3) is 0.394. The van der Waals surface area contributed by atoms with Crippen LogP contribution < -0.4 is 0 Å². The number of aryl methyl sites for hydroxylation is 4. The van der Waals surface area contributed by atoms with E-state index < -0.39 is 0 Å². The van der Waals surface area contributed by atoms with Crippen LogP contribution in [0.15, 0.2) is 60.7 Å². The molecule has 2 nitrogen and oxygen atoms in total. The van der Waals surface area contributed by atoms with E-state index in [1.54, 1.807) is 0 Å². The van der Waals surface area contributed by atoms with E-state index in [9.17, 15) is 9.59 Å². The van der Waals surface area contributed by atoms with E-state index in [0.717, 1.165) is 30.4 Å². The molecular weight excluding hydrogens is 428 g/mol. The van der Waals surface area contributed by atoms with E-state index in [-0.39, 0.29) is 5.78 Å². The first-order valence-corrected chi connectivity index (χ1v) is 13.2. The molecule has 184 valence electrons. The van der Waals surface area contributed by atoms with E-state index in [4.69, 9.17) is 0 Å². The van der Waals surface area contributed by atoms with Crippen molar-refractivity contribution in [2.24, 2.45) is 0 Å². The lowest BCUT2D eigenvalue weighted by molar-refractivity contribution is -0.118. The van der Waals surface area contributed by atoms with Crippen LogP contribution in [0.4, 0.5) is 0 Å². The van der Waals surface area contributed by atoms with Crippen molar-refractivity contribution in [2.75, 3.05) is 0 Å². The van der Waals surface area contributed by atoms with Gasteiger partial charge in [-0.1, -0.05) is 81.3 Å². The number of unbranched alkanes of at least 4 members (excludes halogenated alkanes) is 2. The molecule has 0 radical (unpaired) electrons. The second kappa shape index (κ2) is 13.2. The summed E-state index contributed by atoms with van der Waals surface area (Å²) < 4.78 is 0. The third-order valence-corrected chi connectivity index (χ3v) is 6.95. The first kappa shape index (κ1) is 26.6. The van der Waals surface area contributed by atoms with Gasteiger partial charge >= 0.3 is 0 Å². The van der Waals surface area contributed by atoms with Gasteiger partial charge in [-0.15, -0.1) is 0 Å². The molecule has 0 saturated heterocycles. The van der Waals surface area contributed by atoms with Crippen LogP contribution in [0, 0.1) is 13.8 Å². The average molecular weight is 469 g/mol. The molecule has 2 heteroatoms. The highest BCUT2D eigenvalue weighted by Crippen LogP contribution is 2.21. The summed E-state index contributed by atoms with van der Waals surface area (Å²) in [4.78, 5) is 24.8. The third-order valence-electron chi connectivity index (χ3n) is 6.95. The molecule has 0 heterocycles. The summed E-state index contributed by atoms with van der Waals surface area (Å²) in [5, 5.41) is 0. The van der Waals surface area contributed by atoms with Crippen LogP contribution in [0.5, 0.6) is 0 Å². The summed E-state index contributed by atoms with van der Waals surface area (Å²) in [7, 11) is 0. The number of rotatable bonds is 13. The van der Waals surface area contributed by atoms with Gasteiger partial charge in [0, 0.05) is 24.8 Å². The Morgan fingerprint density at radius 2 is 1.40 bits per heavy atom. The number of carbonyl (C=O) groups excluding carboxylic acids is 2. The van der Waals surface area contributed by atoms with E-state index in [2.05, 4.69) is 63.2 Å². The Labute approximate surface area is 211 Å². The Bertz CT molecular complexity index is 1140. The first-order chi connectivity index (χ1) is 16.9. The van der Waals surface area contributed by atoms with Crippen molar-refractivity contribution in [1.29, 1.82) is 0 Å². The van der Waals surface area contributed by atoms with Crippen LogP contribution in [-0.4, -0.2) is 11.6 Å². The molecule has 0 bridgehead atoms. The molecule has 0 spiro atoms. The molecule has 0 aliphatic carbocycles. The van der Waals surface area contributed by atoms with Crippen molar-refractivity contribution in [2.45, 2.75) is 85.5 Å². The fourth-order valence-corrected chi connectivity index (χ4v) is 4.60. The normalized spacial score (nSPS) is 11.0. The van der Waals surface area contributed by atoms with Gasteiger partial charge in [-0.3, -0.25) is 9.59 Å². The molecule has 3 aromatic rings. The lowest BCUT2D eigenvalue weighted by atomic mass is 9.92. The monoisotopic (exact) mass is 468 g/mol. The van der Waals surface area contributed by atoms with Crippen LogP contribution >= 0.6 is 0 Å². The lowest BCUT2D eigenvalue weighted by Gasteiger charge is -2.13. The van der Waals surface area contributed by atoms with E-state index in [0.29, 0.717) is 25.0 Å². The molecular formula is C33H40O2. The Morgan fingerprint density at radius 3 is 2.09 bits per heavy atom. The molecule has 3 aromatic carbocycles. The van der Waals surface area contributed by atoms with Crippen molar-refractivity contribution in [3.63, 3.8) is 0 Å². The molecule has 0 fully saturated rings. The highest BCUT2D eigenvalue weighted by Gasteiger charge is 2.11. The van der Waals surface area contributed by atoms with Gasteiger partial charge in [0.05, 0.1) is 0 Å². The van der Waals surface area contributed by atoms with Gasteiger partial charge in [-0.05, 0) is 84.5 Å². The summed E-state index contributed by atoms with van der Waals surface area (Å²) in [6.07, 6.45) is 7.91. The van der Waals surface area contributed by atoms with Gasteiger partial charge in [0.1, 0.15) is 5.78 Å². The topological polar surface area (TPSA) is 34.1 Å². The standard InChI is InChI=1S/C33H40O2/c1-5-7-8-11-29-19-24(3)25(4)20-31(29)23-32(34)18-17-26-13-15-27(16-14-26)21-28-10-9-12-30(22-28)33(35)6-2/h9-10,12-16,19-20,22H,5-8,11,17-18,21,23H2,1-4H3. The summed E-state index contributed by atoms with van der Waals surface area (Å²) in [6.45, 7) is 8.42. The zero-order valence-corrected chi connectivity index (χ0v) is 22.0. The average Bonchev–Trinajstić information content (AvgIpc) is 2.86. The quantitative estimate of drug-likeness (QED) is 0.188. The van der Waals surface area contributed by atoms with Crippen molar-refractivity contribution in [1.82, 2.24) is 0 Å². The summed E-state index contributed by atoms with van der Waals surface area (Å²) in [5.74, 6) is 0.493. The molecule has 0 amide bonds. The van der Waals surface area contributed by atoms with Gasteiger partial charge in [0.15, 0.2) is 5.78 Å². The minimum absolute atomic E-state index is 0.181. The van der Waals surface area contributed by atoms with Crippen molar-refractivity contribution < 1.29 is 9.59 Å². The predicted octanol–water partition coefficient (Wildman–Crippen LogP) is 7.96. The molecule has 0 saturated carbocycles. The molecule has 0 aliphatic heterocycles. The van der Waals surface area contributed by atoms with Crippen molar-refractivity contribution >= 4 is 11.6 Å². The number of hydrogen-bond donors (Lipinski definition) is 0. The summed E-state index contributed by atoms with van der Waals surface area (Å²) >= 11 is 0. The van der Waals surface area contributed by atoms with Crippen LogP contribution in [-0.2, 0) is 30.5 Å². The lowest BCUT2D eigenvalue weighted by Crippen LogP contribution is -2.08. The van der Waals surface area contributed by atoms with Gasteiger partial charge in [0.2, 0.25) is 0 Å². The van der Waals surface area contributed by atoms with Gasteiger partial charge < -0.3 is 0 Å². The van der Waals surface area contributed by atoms with Crippen molar-refractivity contribution in [3.05, 3.63) is 105 Å². The predicted molar refractivity (Wildman–Crippen MR) is 146 cm³/mol. The molecule has 0 aromatic heterocycles. The minimum Gasteiger partial charge on any atom is -0.299 e. The molecule has 0 N–H and O–H groups in total. The maximum atomic E-state index is 12.9. The summed E-state index contributed by atoms with van der Waals surface area (Å²) in [6, 6.07) is 21.0. The van der Waals surface area contributed by atoms with Gasteiger partial charge in [-0.2, -0.15) is 0 Å². The Kier molecular flexibility index (Phi) is 10.0. The Morgan fingerprint density at radius 1 is 0.714 bits per heavy atom. The number of Topliss-reactive ketones (excluding diaryl/α,β-unsaturated/α-hetero) is 2. The van der Waals surface area contributed by atoms with Crippen LogP contribution in [0.1, 0.15) is 95.3 Å². The number of ketones is 2. The van der Waals surface area contributed by atoms with Crippen LogP contribution in [0.25, 0.3) is 0 Å². The van der Waals surface area contributed by atoms with Gasteiger partial charge in [-0.25, -0.2) is 0 Å². The molecule has 35 heavy (non-hydrogen) atoms. The first-order valence-electron chi connectivity index (χ1n) is 13.2. The zero-order chi connectivity index (χ0) is 25.2. The van der Waals surface area contributed by atoms with E-state index >= 15 is 0 Å². The minimum atomic E-state index is 0.181. The largest absolute Gasteiger partial charge is 0.299 e. The second-order valence-electron chi connectivity index (χ2n) is 9.85. The van der Waals surface area contributed by atoms with Gasteiger partial charge in [0.25, 0.3) is 0 Å². The van der Waals surface area contributed by atoms with Crippen LogP contribution in [0.2, 0.25) is 0 Å². The second-order valence-corrected chi connectivity index (χ2v) is 9.85. The Balaban J connectivity index is 1.56. The molecule has 0 unspecified atom stereocenters. The fourth-order valence-electron chi connectivity index (χ4n) is 4.60. The maximum Gasteiger partial charge on any atom is 0.162 e. The zero-order valence-electron chi connectivity index (χ0n) is 22.0. The molecule has 0 atom stereocenters. The highest BCUT2D eigenvalue weighted by molar-refractivity contribution is 5.96. The van der Waals surface area contributed by atoms with E-state index in [1.807, 2.05) is 25.1 Å². The molecule has 3 rings (SSSR count). The maximum absolute atomic E-state index is 12.9. The highest BCUT2D eigenvalue weighted by atomic mass is 16.1. The Hall–Kier alpha value is -3.00. The number of carbonyl (C=O) groups is 2. The number of hydrogen-bond acceptors (Lipinski definition) is 2. The smallest absolute Gasteiger partial charge is 0.162 e. The molecule has 0 aliphatic rings. The number of benzene rings is 3. The summed E-state index contributed by atoms with van der Waals surface area (Å²) in [5.41, 5.74) is 9.50. The third kappa shape index (κ3) is 8.02. The van der Waals surface area contributed by atoms with Crippen molar-refractivity contribution in [3.8, 4) is 0 Å². The van der Waals surface area contributed by atoms with E-state index in [1.165, 1.54) is 52.6 Å².